The van der Waals surface area contributed by atoms with Crippen molar-refractivity contribution in [2.24, 2.45) is 5.73 Å². The molecule has 0 radical (unpaired) electrons. The summed E-state index contributed by atoms with van der Waals surface area (Å²) in [6, 6.07) is 3.57. The summed E-state index contributed by atoms with van der Waals surface area (Å²) in [6.45, 7) is 1.69. The fourth-order valence-electron chi connectivity index (χ4n) is 1.36. The molecular formula is C11H16ClN3O4. The summed E-state index contributed by atoms with van der Waals surface area (Å²) in [5.74, 6) is 0.147. The van der Waals surface area contributed by atoms with Crippen LogP contribution in [0.2, 0.25) is 0 Å². The van der Waals surface area contributed by atoms with E-state index in [0.717, 1.165) is 0 Å². The van der Waals surface area contributed by atoms with Crippen molar-refractivity contribution in [1.82, 2.24) is 5.32 Å². The zero-order chi connectivity index (χ0) is 13.7. The van der Waals surface area contributed by atoms with Gasteiger partial charge in [-0.1, -0.05) is 0 Å². The Kier molecular flexibility index (Phi) is 6.81. The van der Waals surface area contributed by atoms with Crippen LogP contribution < -0.4 is 15.8 Å². The van der Waals surface area contributed by atoms with Crippen LogP contribution in [0.1, 0.15) is 12.5 Å². The lowest BCUT2D eigenvalue weighted by Crippen LogP contribution is -2.37. The Morgan fingerprint density at radius 1 is 1.58 bits per heavy atom. The fraction of sp³-hybridized carbons (Fsp3) is 0.364. The second-order valence-electron chi connectivity index (χ2n) is 3.76. The zero-order valence-electron chi connectivity index (χ0n) is 10.6. The lowest BCUT2D eigenvalue weighted by molar-refractivity contribution is -0.384. The number of non-ortho nitro benzene ring substituents is 1. The van der Waals surface area contributed by atoms with E-state index in [1.54, 1.807) is 6.92 Å². The SMILES string of the molecule is COc1ccc([N+](=O)[O-])cc1CNC(=O)[C@@H](C)N.Cl. The van der Waals surface area contributed by atoms with Gasteiger partial charge < -0.3 is 15.8 Å². The van der Waals surface area contributed by atoms with Crippen LogP contribution in [0.15, 0.2) is 18.2 Å². The topological polar surface area (TPSA) is 107 Å². The predicted octanol–water partition coefficient (Wildman–Crippen LogP) is 0.989. The Labute approximate surface area is 116 Å². The molecule has 0 saturated heterocycles. The van der Waals surface area contributed by atoms with Gasteiger partial charge in [-0.3, -0.25) is 14.9 Å². The Balaban J connectivity index is 0.00000324. The average Bonchev–Trinajstić information content (AvgIpc) is 2.35. The van der Waals surface area contributed by atoms with Gasteiger partial charge in [-0.05, 0) is 13.0 Å². The maximum atomic E-state index is 11.3. The maximum absolute atomic E-state index is 11.3. The van der Waals surface area contributed by atoms with E-state index in [1.807, 2.05) is 0 Å². The monoisotopic (exact) mass is 289 g/mol. The molecule has 1 rings (SSSR count). The van der Waals surface area contributed by atoms with Gasteiger partial charge in [0.05, 0.1) is 18.1 Å². The van der Waals surface area contributed by atoms with E-state index in [2.05, 4.69) is 5.32 Å². The molecule has 0 aliphatic heterocycles. The second-order valence-corrected chi connectivity index (χ2v) is 3.76. The number of nitrogens with two attached hydrogens (primary N) is 1. The molecule has 0 heterocycles. The molecule has 0 fully saturated rings. The molecule has 0 aliphatic rings. The van der Waals surface area contributed by atoms with Gasteiger partial charge in [-0.25, -0.2) is 0 Å². The molecule has 0 saturated carbocycles. The Morgan fingerprint density at radius 2 is 2.21 bits per heavy atom. The number of benzene rings is 1. The van der Waals surface area contributed by atoms with Crippen LogP contribution in [0.25, 0.3) is 0 Å². The highest BCUT2D eigenvalue weighted by molar-refractivity contribution is 5.85. The summed E-state index contributed by atoms with van der Waals surface area (Å²) in [4.78, 5) is 21.5. The van der Waals surface area contributed by atoms with E-state index in [1.165, 1.54) is 25.3 Å². The minimum atomic E-state index is -0.630. The number of nitro benzene ring substituents is 1. The standard InChI is InChI=1S/C11H15N3O4.ClH/c1-7(12)11(15)13-6-8-5-9(14(16)17)3-4-10(8)18-2;/h3-5,7H,6,12H2,1-2H3,(H,13,15);1H/t7-;/m1./s1. The van der Waals surface area contributed by atoms with E-state index >= 15 is 0 Å². The molecule has 7 nitrogen and oxygen atoms in total. The van der Waals surface area contributed by atoms with Crippen molar-refractivity contribution in [3.8, 4) is 5.75 Å². The Morgan fingerprint density at radius 3 is 2.68 bits per heavy atom. The second kappa shape index (κ2) is 7.55. The quantitative estimate of drug-likeness (QED) is 0.621. The molecular weight excluding hydrogens is 274 g/mol. The van der Waals surface area contributed by atoms with Gasteiger partial charge in [0, 0.05) is 24.2 Å². The highest BCUT2D eigenvalue weighted by atomic mass is 35.5. The summed E-state index contributed by atoms with van der Waals surface area (Å²) in [5, 5.41) is 13.2. The number of carbonyl (C=O) groups excluding carboxylic acids is 1. The minimum absolute atomic E-state index is 0. The molecule has 0 aromatic heterocycles. The molecule has 0 spiro atoms. The molecule has 1 atom stereocenters. The van der Waals surface area contributed by atoms with Gasteiger partial charge in [-0.2, -0.15) is 0 Å². The molecule has 0 bridgehead atoms. The van der Waals surface area contributed by atoms with Crippen molar-refractivity contribution < 1.29 is 14.5 Å². The largest absolute Gasteiger partial charge is 0.496 e. The lowest BCUT2D eigenvalue weighted by atomic mass is 10.1. The molecule has 1 aromatic carbocycles. The number of halogens is 1. The molecule has 0 aliphatic carbocycles. The van der Waals surface area contributed by atoms with Gasteiger partial charge in [-0.15, -0.1) is 12.4 Å². The Hall–Kier alpha value is -1.86. The molecule has 8 heteroatoms. The summed E-state index contributed by atoms with van der Waals surface area (Å²) in [6.07, 6.45) is 0. The first-order chi connectivity index (χ1) is 8.45. The molecule has 1 amide bonds. The first kappa shape index (κ1) is 17.1. The number of methoxy groups -OCH3 is 1. The molecule has 106 valence electrons. The maximum Gasteiger partial charge on any atom is 0.270 e. The average molecular weight is 290 g/mol. The number of nitrogens with zero attached hydrogens (tertiary/aromatic N) is 1. The van der Waals surface area contributed by atoms with Crippen LogP contribution >= 0.6 is 12.4 Å². The first-order valence-corrected chi connectivity index (χ1v) is 5.30. The van der Waals surface area contributed by atoms with Crippen molar-refractivity contribution >= 4 is 24.0 Å². The number of hydrogen-bond donors (Lipinski definition) is 2. The van der Waals surface area contributed by atoms with Crippen LogP contribution in [-0.4, -0.2) is 24.0 Å². The summed E-state index contributed by atoms with van der Waals surface area (Å²) in [5.41, 5.74) is 5.87. The van der Waals surface area contributed by atoms with Gasteiger partial charge >= 0.3 is 0 Å². The summed E-state index contributed by atoms with van der Waals surface area (Å²) in [7, 11) is 1.46. The van der Waals surface area contributed by atoms with E-state index < -0.39 is 11.0 Å². The van der Waals surface area contributed by atoms with Crippen LogP contribution in [0.3, 0.4) is 0 Å². The number of hydrogen-bond acceptors (Lipinski definition) is 5. The number of carbonyl (C=O) groups is 1. The van der Waals surface area contributed by atoms with Crippen LogP contribution in [0, 0.1) is 10.1 Å². The fourth-order valence-corrected chi connectivity index (χ4v) is 1.36. The van der Waals surface area contributed by atoms with E-state index in [9.17, 15) is 14.9 Å². The van der Waals surface area contributed by atoms with E-state index in [4.69, 9.17) is 10.5 Å². The highest BCUT2D eigenvalue weighted by Gasteiger charge is 2.13. The van der Waals surface area contributed by atoms with Gasteiger partial charge in [0.25, 0.3) is 5.69 Å². The molecule has 19 heavy (non-hydrogen) atoms. The number of ether oxygens (including phenoxy) is 1. The van der Waals surface area contributed by atoms with Gasteiger partial charge in [0.2, 0.25) is 5.91 Å². The van der Waals surface area contributed by atoms with Crippen LogP contribution in [0.4, 0.5) is 5.69 Å². The molecule has 3 N–H and O–H groups in total. The van der Waals surface area contributed by atoms with Gasteiger partial charge in [0.1, 0.15) is 5.75 Å². The smallest absolute Gasteiger partial charge is 0.270 e. The third-order valence-electron chi connectivity index (χ3n) is 2.34. The normalized spacial score (nSPS) is 11.1. The predicted molar refractivity (Wildman–Crippen MR) is 72.4 cm³/mol. The van der Waals surface area contributed by atoms with Crippen molar-refractivity contribution in [1.29, 1.82) is 0 Å². The van der Waals surface area contributed by atoms with Crippen molar-refractivity contribution in [2.45, 2.75) is 19.5 Å². The lowest BCUT2D eigenvalue weighted by Gasteiger charge is -2.11. The first-order valence-electron chi connectivity index (χ1n) is 5.30. The Bertz CT molecular complexity index is 465. The third kappa shape index (κ3) is 4.72. The van der Waals surface area contributed by atoms with Crippen LogP contribution in [-0.2, 0) is 11.3 Å². The van der Waals surface area contributed by atoms with E-state index in [0.29, 0.717) is 11.3 Å². The van der Waals surface area contributed by atoms with Crippen molar-refractivity contribution in [2.75, 3.05) is 7.11 Å². The zero-order valence-corrected chi connectivity index (χ0v) is 11.4. The minimum Gasteiger partial charge on any atom is -0.496 e. The van der Waals surface area contributed by atoms with Crippen molar-refractivity contribution in [3.05, 3.63) is 33.9 Å². The molecule has 1 aromatic rings. The number of nitro groups is 1. The van der Waals surface area contributed by atoms with Crippen molar-refractivity contribution in [3.63, 3.8) is 0 Å². The molecule has 0 unspecified atom stereocenters. The summed E-state index contributed by atoms with van der Waals surface area (Å²) >= 11 is 0. The summed E-state index contributed by atoms with van der Waals surface area (Å²) < 4.78 is 5.07. The third-order valence-corrected chi connectivity index (χ3v) is 2.34. The van der Waals surface area contributed by atoms with Crippen LogP contribution in [0.5, 0.6) is 5.75 Å². The number of rotatable bonds is 5. The highest BCUT2D eigenvalue weighted by Crippen LogP contribution is 2.23. The number of nitrogens with one attached hydrogen (secondary N) is 1. The number of amides is 1. The van der Waals surface area contributed by atoms with E-state index in [-0.39, 0.29) is 30.5 Å². The van der Waals surface area contributed by atoms with Gasteiger partial charge in [0.15, 0.2) is 0 Å².